The van der Waals surface area contributed by atoms with Gasteiger partial charge in [0.2, 0.25) is 0 Å². The number of nitrogens with zero attached hydrogens (tertiary/aromatic N) is 2. The minimum atomic E-state index is -3.02. The molecule has 1 aliphatic rings. The molecule has 0 atom stereocenters. The highest BCUT2D eigenvalue weighted by molar-refractivity contribution is 9.11. The highest BCUT2D eigenvalue weighted by Crippen LogP contribution is 2.23. The van der Waals surface area contributed by atoms with Gasteiger partial charge in [-0.15, -0.1) is 0 Å². The number of halogens is 1. The Morgan fingerprint density at radius 1 is 1.56 bits per heavy atom. The third-order valence-corrected chi connectivity index (χ3v) is 5.81. The van der Waals surface area contributed by atoms with Crippen LogP contribution in [-0.4, -0.2) is 56.5 Å². The first kappa shape index (κ1) is 15.5. The predicted octanol–water partition coefficient (Wildman–Crippen LogP) is 0.979. The zero-order valence-corrected chi connectivity index (χ0v) is 13.4. The standard InChI is InChI=1S/C11H20BrN3O2S/c1-9(12)7-14-10(13-4)15-5-6-18(16,17)11(2,3)8-15/h1,5-8H2,2-4H3,(H,13,14). The Labute approximate surface area is 117 Å². The minimum absolute atomic E-state index is 0.163. The maximum absolute atomic E-state index is 11.9. The fraction of sp³-hybridized carbons (Fsp3) is 0.727. The average molecular weight is 338 g/mol. The fourth-order valence-corrected chi connectivity index (χ4v) is 3.34. The molecule has 0 unspecified atom stereocenters. The molecule has 0 amide bonds. The molecular formula is C11H20BrN3O2S. The van der Waals surface area contributed by atoms with Crippen molar-refractivity contribution in [2.24, 2.45) is 4.99 Å². The molecule has 1 saturated heterocycles. The Hall–Kier alpha value is -0.560. The van der Waals surface area contributed by atoms with Crippen molar-refractivity contribution >= 4 is 31.7 Å². The van der Waals surface area contributed by atoms with Gasteiger partial charge in [0, 0.05) is 31.2 Å². The van der Waals surface area contributed by atoms with Crippen LogP contribution in [0.5, 0.6) is 0 Å². The molecule has 18 heavy (non-hydrogen) atoms. The quantitative estimate of drug-likeness (QED) is 0.602. The summed E-state index contributed by atoms with van der Waals surface area (Å²) in [7, 11) is -1.33. The lowest BCUT2D eigenvalue weighted by molar-refractivity contribution is 0.354. The number of rotatable bonds is 2. The zero-order valence-electron chi connectivity index (χ0n) is 11.0. The first-order valence-electron chi connectivity index (χ1n) is 5.71. The molecule has 1 N–H and O–H groups in total. The van der Waals surface area contributed by atoms with Crippen molar-refractivity contribution in [3.05, 3.63) is 11.1 Å². The summed E-state index contributed by atoms with van der Waals surface area (Å²) in [6, 6.07) is 0. The highest BCUT2D eigenvalue weighted by Gasteiger charge is 2.40. The van der Waals surface area contributed by atoms with Crippen LogP contribution in [0.25, 0.3) is 0 Å². The van der Waals surface area contributed by atoms with Crippen molar-refractivity contribution < 1.29 is 8.42 Å². The van der Waals surface area contributed by atoms with E-state index in [-0.39, 0.29) is 5.75 Å². The molecule has 0 radical (unpaired) electrons. The maximum Gasteiger partial charge on any atom is 0.194 e. The molecule has 1 rings (SSSR count). The van der Waals surface area contributed by atoms with Gasteiger partial charge in [0.1, 0.15) is 0 Å². The van der Waals surface area contributed by atoms with Crippen molar-refractivity contribution in [1.29, 1.82) is 0 Å². The SMILES string of the molecule is C=C(Br)CNC(=NC)N1CCS(=O)(=O)C(C)(C)C1. The van der Waals surface area contributed by atoms with E-state index in [2.05, 4.69) is 32.8 Å². The van der Waals surface area contributed by atoms with Crippen molar-refractivity contribution in [2.75, 3.05) is 32.4 Å². The molecule has 1 fully saturated rings. The third-order valence-electron chi connectivity index (χ3n) is 2.99. The summed E-state index contributed by atoms with van der Waals surface area (Å²) in [6.07, 6.45) is 0. The molecule has 1 heterocycles. The number of nitrogens with one attached hydrogen (secondary N) is 1. The van der Waals surface area contributed by atoms with Gasteiger partial charge >= 0.3 is 0 Å². The largest absolute Gasteiger partial charge is 0.352 e. The molecule has 0 aliphatic carbocycles. The van der Waals surface area contributed by atoms with Crippen LogP contribution in [0, 0.1) is 0 Å². The summed E-state index contributed by atoms with van der Waals surface area (Å²) in [6.45, 7) is 8.74. The molecule has 7 heteroatoms. The van der Waals surface area contributed by atoms with Crippen molar-refractivity contribution in [2.45, 2.75) is 18.6 Å². The van der Waals surface area contributed by atoms with E-state index in [1.54, 1.807) is 20.9 Å². The van der Waals surface area contributed by atoms with E-state index in [9.17, 15) is 8.42 Å². The molecule has 0 bridgehead atoms. The summed E-state index contributed by atoms with van der Waals surface area (Å²) in [5, 5.41) is 3.14. The van der Waals surface area contributed by atoms with Crippen LogP contribution in [0.15, 0.2) is 16.1 Å². The van der Waals surface area contributed by atoms with Gasteiger partial charge in [-0.05, 0) is 13.8 Å². The fourth-order valence-electron chi connectivity index (χ4n) is 1.83. The smallest absolute Gasteiger partial charge is 0.194 e. The van der Waals surface area contributed by atoms with Gasteiger partial charge in [-0.1, -0.05) is 22.5 Å². The topological polar surface area (TPSA) is 61.8 Å². The molecular weight excluding hydrogens is 318 g/mol. The second kappa shape index (κ2) is 5.61. The maximum atomic E-state index is 11.9. The lowest BCUT2D eigenvalue weighted by Gasteiger charge is -2.39. The Bertz CT molecular complexity index is 457. The van der Waals surface area contributed by atoms with Gasteiger partial charge in [-0.2, -0.15) is 0 Å². The summed E-state index contributed by atoms with van der Waals surface area (Å²) < 4.78 is 23.9. The van der Waals surface area contributed by atoms with Crippen molar-refractivity contribution in [3.63, 3.8) is 0 Å². The molecule has 0 aromatic rings. The van der Waals surface area contributed by atoms with E-state index in [0.29, 0.717) is 25.6 Å². The van der Waals surface area contributed by atoms with Crippen LogP contribution in [0.1, 0.15) is 13.8 Å². The first-order chi connectivity index (χ1) is 8.19. The van der Waals surface area contributed by atoms with Crippen LogP contribution in [0.3, 0.4) is 0 Å². The molecule has 5 nitrogen and oxygen atoms in total. The van der Waals surface area contributed by atoms with Crippen molar-refractivity contribution in [1.82, 2.24) is 10.2 Å². The van der Waals surface area contributed by atoms with Crippen LogP contribution in [-0.2, 0) is 9.84 Å². The van der Waals surface area contributed by atoms with Crippen molar-refractivity contribution in [3.8, 4) is 0 Å². The predicted molar refractivity (Wildman–Crippen MR) is 78.9 cm³/mol. The number of hydrogen-bond acceptors (Lipinski definition) is 3. The van der Waals surface area contributed by atoms with Gasteiger partial charge in [0.15, 0.2) is 15.8 Å². The second-order valence-corrected chi connectivity index (χ2v) is 8.78. The van der Waals surface area contributed by atoms with Crippen LogP contribution < -0.4 is 5.32 Å². The summed E-state index contributed by atoms with van der Waals surface area (Å²) in [4.78, 5) is 6.14. The lowest BCUT2D eigenvalue weighted by Crippen LogP contribution is -2.57. The van der Waals surface area contributed by atoms with Crippen LogP contribution in [0.4, 0.5) is 0 Å². The number of sulfone groups is 1. The zero-order chi connectivity index (χ0) is 14.0. The molecule has 0 aromatic heterocycles. The second-order valence-electron chi connectivity index (χ2n) is 4.92. The average Bonchev–Trinajstić information content (AvgIpc) is 2.23. The third kappa shape index (κ3) is 3.47. The Morgan fingerprint density at radius 3 is 2.61 bits per heavy atom. The lowest BCUT2D eigenvalue weighted by atomic mass is 10.2. The van der Waals surface area contributed by atoms with E-state index >= 15 is 0 Å². The van der Waals surface area contributed by atoms with E-state index < -0.39 is 14.6 Å². The molecule has 0 saturated carbocycles. The summed E-state index contributed by atoms with van der Waals surface area (Å²) in [5.41, 5.74) is 0. The summed E-state index contributed by atoms with van der Waals surface area (Å²) >= 11 is 3.27. The molecule has 104 valence electrons. The van der Waals surface area contributed by atoms with Gasteiger partial charge in [-0.25, -0.2) is 8.42 Å². The normalized spacial score (nSPS) is 22.7. The molecule has 0 aromatic carbocycles. The number of hydrogen-bond donors (Lipinski definition) is 1. The first-order valence-corrected chi connectivity index (χ1v) is 8.15. The van der Waals surface area contributed by atoms with Crippen LogP contribution in [0.2, 0.25) is 0 Å². The Balaban J connectivity index is 2.77. The van der Waals surface area contributed by atoms with Gasteiger partial charge in [-0.3, -0.25) is 4.99 Å². The van der Waals surface area contributed by atoms with E-state index in [1.807, 2.05) is 4.90 Å². The number of guanidine groups is 1. The summed E-state index contributed by atoms with van der Waals surface area (Å²) in [5.74, 6) is 0.870. The number of aliphatic imine (C=N–C) groups is 1. The van der Waals surface area contributed by atoms with Gasteiger partial charge < -0.3 is 10.2 Å². The van der Waals surface area contributed by atoms with E-state index in [1.165, 1.54) is 0 Å². The Morgan fingerprint density at radius 2 is 2.17 bits per heavy atom. The molecule has 1 aliphatic heterocycles. The van der Waals surface area contributed by atoms with Crippen LogP contribution >= 0.6 is 15.9 Å². The van der Waals surface area contributed by atoms with E-state index in [4.69, 9.17) is 0 Å². The highest BCUT2D eigenvalue weighted by atomic mass is 79.9. The van der Waals surface area contributed by atoms with Gasteiger partial charge in [0.05, 0.1) is 10.5 Å². The Kier molecular flexibility index (Phi) is 4.83. The van der Waals surface area contributed by atoms with Gasteiger partial charge in [0.25, 0.3) is 0 Å². The molecule has 0 spiro atoms. The monoisotopic (exact) mass is 337 g/mol. The van der Waals surface area contributed by atoms with E-state index in [0.717, 1.165) is 4.48 Å². The minimum Gasteiger partial charge on any atom is -0.352 e.